The highest BCUT2D eigenvalue weighted by molar-refractivity contribution is 5.88. The Kier molecular flexibility index (Phi) is 5.29. The molecule has 0 atom stereocenters. The summed E-state index contributed by atoms with van der Waals surface area (Å²) in [7, 11) is 1.57. The topological polar surface area (TPSA) is 59.6 Å². The van der Waals surface area contributed by atoms with Crippen molar-refractivity contribution in [1.29, 1.82) is 0 Å². The molecule has 17 heavy (non-hydrogen) atoms. The summed E-state index contributed by atoms with van der Waals surface area (Å²) in [4.78, 5) is 16.4. The monoisotopic (exact) mass is 238 g/mol. The maximum absolute atomic E-state index is 11.4. The van der Waals surface area contributed by atoms with Crippen LogP contribution in [0.2, 0.25) is 0 Å². The van der Waals surface area contributed by atoms with E-state index in [4.69, 9.17) is 9.57 Å². The Bertz CT molecular complexity index is 367. The van der Waals surface area contributed by atoms with Crippen LogP contribution in [-0.2, 0) is 4.84 Å². The molecule has 1 aromatic carbocycles. The van der Waals surface area contributed by atoms with Gasteiger partial charge in [0.2, 0.25) is 0 Å². The van der Waals surface area contributed by atoms with Crippen molar-refractivity contribution in [1.82, 2.24) is 5.48 Å². The van der Waals surface area contributed by atoms with E-state index in [1.165, 1.54) is 0 Å². The predicted octanol–water partition coefficient (Wildman–Crippen LogP) is 2.40. The van der Waals surface area contributed by atoms with E-state index in [0.717, 1.165) is 0 Å². The van der Waals surface area contributed by atoms with Gasteiger partial charge in [0.1, 0.15) is 5.75 Å². The first-order chi connectivity index (χ1) is 8.11. The molecular formula is C12H18N2O3. The highest BCUT2D eigenvalue weighted by atomic mass is 16.7. The normalized spacial score (nSPS) is 10.1. The van der Waals surface area contributed by atoms with Crippen LogP contribution in [0.15, 0.2) is 24.3 Å². The zero-order chi connectivity index (χ0) is 12.7. The van der Waals surface area contributed by atoms with Gasteiger partial charge in [-0.25, -0.2) is 10.3 Å². The third-order valence-electron chi connectivity index (χ3n) is 1.91. The van der Waals surface area contributed by atoms with Crippen LogP contribution in [0, 0.1) is 5.92 Å². The molecule has 0 aliphatic heterocycles. The standard InChI is InChI=1S/C12H18N2O3/c1-9(2)8-17-14-12(15)13-10-5-4-6-11(7-10)16-3/h4-7,9H,8H2,1-3H3,(H2,13,14,15). The molecule has 1 aromatic rings. The molecule has 0 aliphatic carbocycles. The van der Waals surface area contributed by atoms with E-state index < -0.39 is 6.03 Å². The third-order valence-corrected chi connectivity index (χ3v) is 1.91. The summed E-state index contributed by atoms with van der Waals surface area (Å²) in [5, 5.41) is 2.64. The Hall–Kier alpha value is -1.75. The second-order valence-corrected chi connectivity index (χ2v) is 3.99. The molecule has 0 spiro atoms. The van der Waals surface area contributed by atoms with Crippen molar-refractivity contribution in [3.8, 4) is 5.75 Å². The van der Waals surface area contributed by atoms with Crippen LogP contribution in [0.1, 0.15) is 13.8 Å². The summed E-state index contributed by atoms with van der Waals surface area (Å²) in [6.45, 7) is 4.48. The number of hydrogen-bond acceptors (Lipinski definition) is 3. The smallest absolute Gasteiger partial charge is 0.343 e. The molecule has 0 bridgehead atoms. The average molecular weight is 238 g/mol. The minimum Gasteiger partial charge on any atom is -0.497 e. The maximum atomic E-state index is 11.4. The molecule has 0 saturated heterocycles. The number of carbonyl (C=O) groups excluding carboxylic acids is 1. The van der Waals surface area contributed by atoms with Crippen LogP contribution in [0.3, 0.4) is 0 Å². The fourth-order valence-corrected chi connectivity index (χ4v) is 1.13. The van der Waals surface area contributed by atoms with Gasteiger partial charge in [0.15, 0.2) is 0 Å². The first-order valence-electron chi connectivity index (χ1n) is 5.44. The Balaban J connectivity index is 2.39. The number of methoxy groups -OCH3 is 1. The average Bonchev–Trinajstić information content (AvgIpc) is 2.28. The van der Waals surface area contributed by atoms with Crippen molar-refractivity contribution in [3.05, 3.63) is 24.3 Å². The fraction of sp³-hybridized carbons (Fsp3) is 0.417. The Labute approximate surface area is 101 Å². The van der Waals surface area contributed by atoms with Gasteiger partial charge in [0.25, 0.3) is 0 Å². The maximum Gasteiger partial charge on any atom is 0.343 e. The van der Waals surface area contributed by atoms with Crippen LogP contribution < -0.4 is 15.5 Å². The molecule has 0 heterocycles. The van der Waals surface area contributed by atoms with E-state index in [-0.39, 0.29) is 0 Å². The minimum atomic E-state index is -0.404. The molecule has 0 fully saturated rings. The van der Waals surface area contributed by atoms with Gasteiger partial charge in [0, 0.05) is 11.8 Å². The van der Waals surface area contributed by atoms with Gasteiger partial charge in [0.05, 0.1) is 13.7 Å². The van der Waals surface area contributed by atoms with E-state index in [9.17, 15) is 4.79 Å². The van der Waals surface area contributed by atoms with E-state index >= 15 is 0 Å². The number of carbonyl (C=O) groups is 1. The SMILES string of the molecule is COc1cccc(NC(=O)NOCC(C)C)c1. The number of hydroxylamine groups is 1. The molecule has 1 rings (SSSR count). The number of nitrogens with one attached hydrogen (secondary N) is 2. The molecule has 0 saturated carbocycles. The number of hydrogen-bond donors (Lipinski definition) is 2. The first-order valence-corrected chi connectivity index (χ1v) is 5.44. The van der Waals surface area contributed by atoms with E-state index in [2.05, 4.69) is 10.8 Å². The van der Waals surface area contributed by atoms with Gasteiger partial charge >= 0.3 is 6.03 Å². The van der Waals surface area contributed by atoms with Crippen LogP contribution in [0.5, 0.6) is 5.75 Å². The van der Waals surface area contributed by atoms with Gasteiger partial charge in [-0.05, 0) is 18.1 Å². The minimum absolute atomic E-state index is 0.368. The first kappa shape index (κ1) is 13.3. The predicted molar refractivity (Wildman–Crippen MR) is 65.9 cm³/mol. The largest absolute Gasteiger partial charge is 0.497 e. The molecule has 5 heteroatoms. The molecule has 0 radical (unpaired) electrons. The van der Waals surface area contributed by atoms with Crippen molar-refractivity contribution >= 4 is 11.7 Å². The highest BCUT2D eigenvalue weighted by Crippen LogP contribution is 2.16. The van der Waals surface area contributed by atoms with Gasteiger partial charge in [-0.1, -0.05) is 19.9 Å². The number of ether oxygens (including phenoxy) is 1. The lowest BCUT2D eigenvalue weighted by molar-refractivity contribution is 0.0482. The summed E-state index contributed by atoms with van der Waals surface area (Å²) >= 11 is 0. The number of amides is 2. The fourth-order valence-electron chi connectivity index (χ4n) is 1.13. The molecule has 94 valence electrons. The third kappa shape index (κ3) is 5.21. The molecule has 0 unspecified atom stereocenters. The molecule has 0 aliphatic rings. The van der Waals surface area contributed by atoms with E-state index in [0.29, 0.717) is 24.0 Å². The number of rotatable bonds is 5. The van der Waals surface area contributed by atoms with Crippen molar-refractivity contribution in [2.45, 2.75) is 13.8 Å². The summed E-state index contributed by atoms with van der Waals surface area (Å²) in [6.07, 6.45) is 0. The molecule has 2 N–H and O–H groups in total. The lowest BCUT2D eigenvalue weighted by Gasteiger charge is -2.09. The number of anilines is 1. The number of benzene rings is 1. The van der Waals surface area contributed by atoms with Gasteiger partial charge in [-0.3, -0.25) is 4.84 Å². The summed E-state index contributed by atoms with van der Waals surface area (Å²) in [5.41, 5.74) is 2.96. The molecule has 5 nitrogen and oxygen atoms in total. The second kappa shape index (κ2) is 6.75. The van der Waals surface area contributed by atoms with Gasteiger partial charge in [-0.2, -0.15) is 0 Å². The van der Waals surface area contributed by atoms with E-state index in [1.54, 1.807) is 31.4 Å². The van der Waals surface area contributed by atoms with Crippen molar-refractivity contribution in [2.75, 3.05) is 19.0 Å². The van der Waals surface area contributed by atoms with Crippen LogP contribution in [-0.4, -0.2) is 19.7 Å². The van der Waals surface area contributed by atoms with E-state index in [1.807, 2.05) is 13.8 Å². The summed E-state index contributed by atoms with van der Waals surface area (Å²) in [5.74, 6) is 1.05. The van der Waals surface area contributed by atoms with Crippen LogP contribution in [0.25, 0.3) is 0 Å². The highest BCUT2D eigenvalue weighted by Gasteiger charge is 2.03. The Morgan fingerprint density at radius 3 is 2.82 bits per heavy atom. The second-order valence-electron chi connectivity index (χ2n) is 3.99. The van der Waals surface area contributed by atoms with Gasteiger partial charge in [-0.15, -0.1) is 0 Å². The van der Waals surface area contributed by atoms with Crippen molar-refractivity contribution in [2.24, 2.45) is 5.92 Å². The summed E-state index contributed by atoms with van der Waals surface area (Å²) in [6, 6.07) is 6.69. The summed E-state index contributed by atoms with van der Waals surface area (Å²) < 4.78 is 5.05. The molecule has 2 amide bonds. The quantitative estimate of drug-likeness (QED) is 0.774. The van der Waals surface area contributed by atoms with Crippen LogP contribution in [0.4, 0.5) is 10.5 Å². The van der Waals surface area contributed by atoms with Crippen molar-refractivity contribution < 1.29 is 14.4 Å². The Morgan fingerprint density at radius 2 is 2.18 bits per heavy atom. The van der Waals surface area contributed by atoms with Gasteiger partial charge < -0.3 is 10.1 Å². The Morgan fingerprint density at radius 1 is 1.41 bits per heavy atom. The van der Waals surface area contributed by atoms with Crippen molar-refractivity contribution in [3.63, 3.8) is 0 Å². The zero-order valence-corrected chi connectivity index (χ0v) is 10.3. The molecule has 0 aromatic heterocycles. The zero-order valence-electron chi connectivity index (χ0n) is 10.3. The lowest BCUT2D eigenvalue weighted by atomic mass is 10.2. The molecular weight excluding hydrogens is 220 g/mol. The van der Waals surface area contributed by atoms with Crippen LogP contribution >= 0.6 is 0 Å². The number of urea groups is 1. The lowest BCUT2D eigenvalue weighted by Crippen LogP contribution is -2.30.